The fourth-order valence-corrected chi connectivity index (χ4v) is 5.61. The zero-order chi connectivity index (χ0) is 35.7. The van der Waals surface area contributed by atoms with E-state index >= 15 is 0 Å². The number of ether oxygens (including phenoxy) is 1. The van der Waals surface area contributed by atoms with Crippen molar-refractivity contribution >= 4 is 46.9 Å². The van der Waals surface area contributed by atoms with Crippen LogP contribution in [0.4, 0.5) is 30.8 Å². The van der Waals surface area contributed by atoms with Crippen LogP contribution in [-0.4, -0.2) is 99.7 Å². The van der Waals surface area contributed by atoms with Crippen LogP contribution in [-0.2, 0) is 15.1 Å². The van der Waals surface area contributed by atoms with Gasteiger partial charge in [-0.05, 0) is 80.5 Å². The lowest BCUT2D eigenvalue weighted by atomic mass is 10.1. The third-order valence-corrected chi connectivity index (χ3v) is 8.51. The molecule has 2 aliphatic rings. The van der Waals surface area contributed by atoms with E-state index in [-0.39, 0.29) is 44.0 Å². The quantitative estimate of drug-likeness (QED) is 0.140. The number of piperidine rings is 1. The van der Waals surface area contributed by atoms with Crippen molar-refractivity contribution < 1.29 is 37.4 Å². The van der Waals surface area contributed by atoms with Crippen LogP contribution in [0.15, 0.2) is 48.5 Å². The Labute approximate surface area is 291 Å². The fourth-order valence-electron chi connectivity index (χ4n) is 5.48. The number of benzene rings is 2. The summed E-state index contributed by atoms with van der Waals surface area (Å²) in [7, 11) is 0. The lowest BCUT2D eigenvalue weighted by Crippen LogP contribution is -2.48. The Hall–Kier alpha value is -4.70. The lowest BCUT2D eigenvalue weighted by molar-refractivity contribution is -0.154. The van der Waals surface area contributed by atoms with E-state index in [1.165, 1.54) is 17.0 Å². The van der Waals surface area contributed by atoms with Gasteiger partial charge in [0.15, 0.2) is 6.61 Å². The second kappa shape index (κ2) is 16.3. The lowest BCUT2D eigenvalue weighted by Gasteiger charge is -2.29. The summed E-state index contributed by atoms with van der Waals surface area (Å²) in [6.45, 7) is -0.392. The summed E-state index contributed by atoms with van der Waals surface area (Å²) in [5.74, 6) is -1.69. The summed E-state index contributed by atoms with van der Waals surface area (Å²) in [6.07, 6.45) is -0.0406. The van der Waals surface area contributed by atoms with Gasteiger partial charge < -0.3 is 35.6 Å². The number of hydrogen-bond acceptors (Lipinski definition) is 10. The number of aliphatic hydroxyl groups is 1. The summed E-state index contributed by atoms with van der Waals surface area (Å²) in [4.78, 5) is 53.4. The Morgan fingerprint density at radius 2 is 1.62 bits per heavy atom. The SMILES string of the molecule is O=C(NCCCN(CCO)C(=O)C(=O)N1CCCCC1)c1ccc(Nc2nc(NC3(c4ccc(Cl)cc4)CC3)nc(OCC(F)(F)F)n2)cc1. The van der Waals surface area contributed by atoms with Crippen molar-refractivity contribution in [1.29, 1.82) is 0 Å². The van der Waals surface area contributed by atoms with Gasteiger partial charge in [-0.1, -0.05) is 23.7 Å². The molecule has 268 valence electrons. The van der Waals surface area contributed by atoms with Crippen molar-refractivity contribution in [3.05, 3.63) is 64.7 Å². The molecule has 5 rings (SSSR count). The number of rotatable bonds is 14. The molecule has 50 heavy (non-hydrogen) atoms. The number of carbonyl (C=O) groups is 3. The zero-order valence-electron chi connectivity index (χ0n) is 27.1. The first-order chi connectivity index (χ1) is 23.9. The predicted octanol–water partition coefficient (Wildman–Crippen LogP) is 4.26. The van der Waals surface area contributed by atoms with Crippen molar-refractivity contribution in [2.45, 2.75) is 50.2 Å². The number of nitrogens with zero attached hydrogens (tertiary/aromatic N) is 5. The molecule has 1 saturated heterocycles. The van der Waals surface area contributed by atoms with E-state index in [1.54, 1.807) is 29.2 Å². The van der Waals surface area contributed by atoms with E-state index < -0.39 is 36.1 Å². The van der Waals surface area contributed by atoms with Crippen LogP contribution >= 0.6 is 11.6 Å². The maximum absolute atomic E-state index is 12.9. The monoisotopic (exact) mass is 718 g/mol. The topological polar surface area (TPSA) is 162 Å². The Kier molecular flexibility index (Phi) is 12.0. The Balaban J connectivity index is 1.17. The van der Waals surface area contributed by atoms with Gasteiger partial charge in [-0.15, -0.1) is 0 Å². The first-order valence-corrected chi connectivity index (χ1v) is 16.7. The summed E-state index contributed by atoms with van der Waals surface area (Å²) >= 11 is 6.03. The minimum absolute atomic E-state index is 0.0123. The smallest absolute Gasteiger partial charge is 0.422 e. The molecular formula is C33H38ClF3N8O5. The second-order valence-corrected chi connectivity index (χ2v) is 12.5. The Morgan fingerprint density at radius 3 is 2.26 bits per heavy atom. The number of nitrogens with one attached hydrogen (secondary N) is 3. The van der Waals surface area contributed by atoms with Gasteiger partial charge in [-0.2, -0.15) is 28.1 Å². The largest absolute Gasteiger partial charge is 0.454 e. The van der Waals surface area contributed by atoms with Gasteiger partial charge in [0.05, 0.1) is 12.1 Å². The molecule has 1 aromatic heterocycles. The van der Waals surface area contributed by atoms with Gasteiger partial charge in [-0.25, -0.2) is 0 Å². The minimum Gasteiger partial charge on any atom is -0.454 e. The van der Waals surface area contributed by atoms with E-state index in [1.807, 2.05) is 12.1 Å². The molecule has 3 amide bonds. The molecule has 1 aliphatic heterocycles. The van der Waals surface area contributed by atoms with Gasteiger partial charge in [0, 0.05) is 49.0 Å². The number of likely N-dealkylation sites (tertiary alicyclic amines) is 1. The predicted molar refractivity (Wildman–Crippen MR) is 178 cm³/mol. The maximum atomic E-state index is 12.9. The summed E-state index contributed by atoms with van der Waals surface area (Å²) in [6, 6.07) is 12.9. The van der Waals surface area contributed by atoms with E-state index in [2.05, 4.69) is 30.9 Å². The molecule has 0 atom stereocenters. The minimum atomic E-state index is -4.60. The molecule has 0 unspecified atom stereocenters. The van der Waals surface area contributed by atoms with Crippen LogP contribution in [0.3, 0.4) is 0 Å². The summed E-state index contributed by atoms with van der Waals surface area (Å²) < 4.78 is 43.6. The highest BCUT2D eigenvalue weighted by Gasteiger charge is 2.45. The van der Waals surface area contributed by atoms with E-state index in [4.69, 9.17) is 16.3 Å². The highest BCUT2D eigenvalue weighted by Crippen LogP contribution is 2.48. The molecule has 4 N–H and O–H groups in total. The Morgan fingerprint density at radius 1 is 0.940 bits per heavy atom. The average molecular weight is 719 g/mol. The van der Waals surface area contributed by atoms with Gasteiger partial charge in [0.25, 0.3) is 5.91 Å². The number of alkyl halides is 3. The van der Waals surface area contributed by atoms with Gasteiger partial charge in [0.1, 0.15) is 0 Å². The molecule has 17 heteroatoms. The molecule has 13 nitrogen and oxygen atoms in total. The number of anilines is 3. The molecule has 0 bridgehead atoms. The molecule has 1 aliphatic carbocycles. The molecule has 1 saturated carbocycles. The van der Waals surface area contributed by atoms with Crippen molar-refractivity contribution in [2.24, 2.45) is 0 Å². The standard InChI is InChI=1S/C33H38ClF3N8O5/c34-24-9-7-23(8-10-24)32(13-14-32)43-30-40-29(41-31(42-30)50-21-33(35,36)37)39-25-11-5-22(6-12-25)26(47)38-15-4-18-45(19-20-46)28(49)27(48)44-16-2-1-3-17-44/h5-12,46H,1-4,13-21H2,(H,38,47)(H2,39,40,41,42,43). The van der Waals surface area contributed by atoms with E-state index in [0.717, 1.165) is 37.7 Å². The molecule has 0 spiro atoms. The molecule has 3 aromatic rings. The van der Waals surface area contributed by atoms with Crippen molar-refractivity contribution in [1.82, 2.24) is 30.1 Å². The number of amides is 3. The van der Waals surface area contributed by atoms with Crippen LogP contribution < -0.4 is 20.7 Å². The van der Waals surface area contributed by atoms with Gasteiger partial charge in [-0.3, -0.25) is 14.4 Å². The summed E-state index contributed by atoms with van der Waals surface area (Å²) in [5.41, 5.74) is 1.17. The molecular weight excluding hydrogens is 681 g/mol. The number of hydrogen-bond donors (Lipinski definition) is 4. The number of carbonyl (C=O) groups excluding carboxylic acids is 3. The fraction of sp³-hybridized carbons (Fsp3) is 0.455. The van der Waals surface area contributed by atoms with Crippen LogP contribution in [0.1, 0.15) is 54.4 Å². The number of halogens is 4. The van der Waals surface area contributed by atoms with Crippen molar-refractivity contribution in [3.8, 4) is 6.01 Å². The third kappa shape index (κ3) is 10.2. The van der Waals surface area contributed by atoms with Crippen LogP contribution in [0.5, 0.6) is 6.01 Å². The summed E-state index contributed by atoms with van der Waals surface area (Å²) in [5, 5.41) is 18.9. The van der Waals surface area contributed by atoms with E-state index in [0.29, 0.717) is 35.8 Å². The van der Waals surface area contributed by atoms with E-state index in [9.17, 15) is 32.7 Å². The first kappa shape index (κ1) is 36.6. The van der Waals surface area contributed by atoms with Gasteiger partial charge in [0.2, 0.25) is 11.9 Å². The maximum Gasteiger partial charge on any atom is 0.422 e. The van der Waals surface area contributed by atoms with Crippen LogP contribution in [0.2, 0.25) is 5.02 Å². The van der Waals surface area contributed by atoms with Crippen molar-refractivity contribution in [3.63, 3.8) is 0 Å². The molecule has 2 heterocycles. The van der Waals surface area contributed by atoms with Crippen LogP contribution in [0.25, 0.3) is 0 Å². The highest BCUT2D eigenvalue weighted by molar-refractivity contribution is 6.34. The molecule has 2 aromatic carbocycles. The van der Waals surface area contributed by atoms with Crippen molar-refractivity contribution in [2.75, 3.05) is 56.6 Å². The highest BCUT2D eigenvalue weighted by atomic mass is 35.5. The average Bonchev–Trinajstić information content (AvgIpc) is 3.88. The normalized spacial score (nSPS) is 15.2. The third-order valence-electron chi connectivity index (χ3n) is 8.25. The Bertz CT molecular complexity index is 1640. The first-order valence-electron chi connectivity index (χ1n) is 16.3. The molecule has 2 fully saturated rings. The zero-order valence-corrected chi connectivity index (χ0v) is 27.9. The number of aliphatic hydroxyl groups excluding tert-OH is 1. The van der Waals surface area contributed by atoms with Gasteiger partial charge >= 0.3 is 24.0 Å². The van der Waals surface area contributed by atoms with Crippen LogP contribution in [0, 0.1) is 0 Å². The molecule has 0 radical (unpaired) electrons. The second-order valence-electron chi connectivity index (χ2n) is 12.1. The number of aromatic nitrogens is 3.